The van der Waals surface area contributed by atoms with Crippen molar-refractivity contribution in [2.24, 2.45) is 11.7 Å². The lowest BCUT2D eigenvalue weighted by molar-refractivity contribution is -0.120. The van der Waals surface area contributed by atoms with Gasteiger partial charge in [0.25, 0.3) is 5.92 Å². The number of hydrogen-bond acceptors (Lipinski definition) is 8. The summed E-state index contributed by atoms with van der Waals surface area (Å²) < 4.78 is 42.5. The molecule has 2 atom stereocenters. The molecule has 1 amide bonds. The molecule has 0 unspecified atom stereocenters. The van der Waals surface area contributed by atoms with Crippen LogP contribution in [0, 0.1) is 11.7 Å². The number of carbonyl (C=O) groups excluding carboxylic acids is 1. The van der Waals surface area contributed by atoms with E-state index in [1.54, 1.807) is 9.80 Å². The number of alkyl halides is 2. The van der Waals surface area contributed by atoms with Crippen LogP contribution < -0.4 is 16.0 Å². The molecule has 35 heavy (non-hydrogen) atoms. The summed E-state index contributed by atoms with van der Waals surface area (Å²) in [7, 11) is 0. The molecule has 2 heterocycles. The molecule has 1 aliphatic heterocycles. The number of aromatic nitrogens is 2. The highest BCUT2D eigenvalue weighted by Crippen LogP contribution is 2.28. The molecule has 192 valence electrons. The van der Waals surface area contributed by atoms with Crippen LogP contribution in [0.4, 0.5) is 24.8 Å². The van der Waals surface area contributed by atoms with Crippen LogP contribution in [-0.4, -0.2) is 76.4 Å². The van der Waals surface area contributed by atoms with Crippen LogP contribution in [0.5, 0.6) is 0 Å². The fourth-order valence-electron chi connectivity index (χ4n) is 4.08. The molecule has 1 fully saturated rings. The van der Waals surface area contributed by atoms with Crippen LogP contribution in [-0.2, 0) is 17.3 Å². The third kappa shape index (κ3) is 6.80. The van der Waals surface area contributed by atoms with Gasteiger partial charge < -0.3 is 26.2 Å². The monoisotopic (exact) mass is 496 g/mol. The van der Waals surface area contributed by atoms with Crippen LogP contribution >= 0.6 is 0 Å². The van der Waals surface area contributed by atoms with Crippen molar-refractivity contribution in [3.05, 3.63) is 47.5 Å². The predicted molar refractivity (Wildman–Crippen MR) is 124 cm³/mol. The average molecular weight is 497 g/mol. The smallest absolute Gasteiger partial charge is 0.295 e. The number of hydrogen-bond donors (Lipinski definition) is 4. The SMILES string of the molecule is CCN(Cc1ccc(C(F)(F)CO)cc1)c1ncnc(NC[C@@H]2CCN(CC(N)=O)C[C@H]2O)c1F. The molecule has 0 radical (unpaired) electrons. The van der Waals surface area contributed by atoms with Crippen LogP contribution in [0.1, 0.15) is 24.5 Å². The Morgan fingerprint density at radius 1 is 1.31 bits per heavy atom. The Kier molecular flexibility index (Phi) is 8.87. The van der Waals surface area contributed by atoms with Crippen LogP contribution in [0.3, 0.4) is 0 Å². The first-order valence-corrected chi connectivity index (χ1v) is 11.4. The molecule has 0 aliphatic carbocycles. The van der Waals surface area contributed by atoms with Crippen LogP contribution in [0.25, 0.3) is 0 Å². The van der Waals surface area contributed by atoms with Crippen molar-refractivity contribution < 1.29 is 28.2 Å². The number of nitrogens with two attached hydrogens (primary N) is 1. The number of anilines is 2. The molecule has 9 nitrogen and oxygen atoms in total. The number of piperidine rings is 1. The average Bonchev–Trinajstić information content (AvgIpc) is 2.83. The van der Waals surface area contributed by atoms with Gasteiger partial charge in [-0.1, -0.05) is 24.3 Å². The van der Waals surface area contributed by atoms with Gasteiger partial charge in [-0.05, 0) is 25.5 Å². The maximum atomic E-state index is 15.3. The highest BCUT2D eigenvalue weighted by molar-refractivity contribution is 5.75. The third-order valence-electron chi connectivity index (χ3n) is 6.12. The lowest BCUT2D eigenvalue weighted by atomic mass is 9.93. The fraction of sp³-hybridized carbons (Fsp3) is 0.522. The number of rotatable bonds is 11. The largest absolute Gasteiger partial charge is 0.391 e. The molecular weight excluding hydrogens is 465 g/mol. The van der Waals surface area contributed by atoms with E-state index in [9.17, 15) is 18.7 Å². The molecule has 0 spiro atoms. The van der Waals surface area contributed by atoms with E-state index in [1.807, 2.05) is 6.92 Å². The number of β-amino-alcohol motifs (C(OH)–C–C–N with tert-alkyl or cyclic N) is 1. The zero-order valence-electron chi connectivity index (χ0n) is 19.5. The number of aliphatic hydroxyl groups is 2. The van der Waals surface area contributed by atoms with E-state index >= 15 is 4.39 Å². The Balaban J connectivity index is 1.65. The van der Waals surface area contributed by atoms with Crippen molar-refractivity contribution in [1.82, 2.24) is 14.9 Å². The molecule has 2 aromatic rings. The van der Waals surface area contributed by atoms with E-state index in [4.69, 9.17) is 10.8 Å². The van der Waals surface area contributed by atoms with Crippen molar-refractivity contribution >= 4 is 17.5 Å². The molecule has 1 aromatic heterocycles. The Hall–Kier alpha value is -2.96. The Bertz CT molecular complexity index is 995. The predicted octanol–water partition coefficient (Wildman–Crippen LogP) is 1.31. The van der Waals surface area contributed by atoms with Crippen molar-refractivity contribution in [3.63, 3.8) is 0 Å². The minimum absolute atomic E-state index is 0.00171. The summed E-state index contributed by atoms with van der Waals surface area (Å²) in [6.07, 6.45) is 1.14. The van der Waals surface area contributed by atoms with Crippen molar-refractivity contribution in [2.75, 3.05) is 49.5 Å². The number of amides is 1. The summed E-state index contributed by atoms with van der Waals surface area (Å²) in [5.74, 6) is -4.53. The van der Waals surface area contributed by atoms with Gasteiger partial charge in [0.2, 0.25) is 11.7 Å². The van der Waals surface area contributed by atoms with E-state index in [2.05, 4.69) is 15.3 Å². The standard InChI is InChI=1S/C23H31F3N6O3/c1-2-32(10-15-3-5-17(6-4-15)23(25,26)13-33)22-20(24)21(29-14-30-22)28-9-16-7-8-31(11-18(16)34)12-19(27)35/h3-6,14,16,18,33-34H,2,7-13H2,1H3,(H2,27,35)(H,28,29,30)/t16-,18+/m0/s1. The van der Waals surface area contributed by atoms with E-state index < -0.39 is 30.4 Å². The summed E-state index contributed by atoms with van der Waals surface area (Å²) in [4.78, 5) is 22.6. The number of halogens is 3. The summed E-state index contributed by atoms with van der Waals surface area (Å²) >= 11 is 0. The maximum absolute atomic E-state index is 15.3. The summed E-state index contributed by atoms with van der Waals surface area (Å²) in [6.45, 7) is 2.44. The van der Waals surface area contributed by atoms with Gasteiger partial charge in [0, 0.05) is 37.7 Å². The van der Waals surface area contributed by atoms with Crippen LogP contribution in [0.2, 0.25) is 0 Å². The normalized spacial score (nSPS) is 18.9. The second kappa shape index (κ2) is 11.6. The third-order valence-corrected chi connectivity index (χ3v) is 6.12. The number of aliphatic hydroxyl groups excluding tert-OH is 2. The molecule has 1 aromatic carbocycles. The highest BCUT2D eigenvalue weighted by Gasteiger charge is 2.30. The number of likely N-dealkylation sites (tertiary alicyclic amines) is 1. The van der Waals surface area contributed by atoms with Gasteiger partial charge in [0.15, 0.2) is 11.6 Å². The number of benzene rings is 1. The first-order chi connectivity index (χ1) is 16.6. The number of nitrogens with one attached hydrogen (secondary N) is 1. The Morgan fingerprint density at radius 2 is 2.03 bits per heavy atom. The molecule has 5 N–H and O–H groups in total. The van der Waals surface area contributed by atoms with E-state index in [0.29, 0.717) is 31.6 Å². The number of primary amides is 1. The van der Waals surface area contributed by atoms with E-state index in [-0.39, 0.29) is 42.8 Å². The Morgan fingerprint density at radius 3 is 2.63 bits per heavy atom. The first-order valence-electron chi connectivity index (χ1n) is 11.4. The van der Waals surface area contributed by atoms with Gasteiger partial charge in [0.05, 0.1) is 12.6 Å². The fourth-order valence-corrected chi connectivity index (χ4v) is 4.08. The van der Waals surface area contributed by atoms with Crippen molar-refractivity contribution in [1.29, 1.82) is 0 Å². The maximum Gasteiger partial charge on any atom is 0.295 e. The van der Waals surface area contributed by atoms with E-state index in [0.717, 1.165) is 0 Å². The van der Waals surface area contributed by atoms with Gasteiger partial charge in [0.1, 0.15) is 12.9 Å². The lowest BCUT2D eigenvalue weighted by Gasteiger charge is -2.35. The highest BCUT2D eigenvalue weighted by atomic mass is 19.3. The molecule has 12 heteroatoms. The van der Waals surface area contributed by atoms with Gasteiger partial charge in [-0.2, -0.15) is 13.2 Å². The second-order valence-electron chi connectivity index (χ2n) is 8.63. The zero-order valence-corrected chi connectivity index (χ0v) is 19.5. The first kappa shape index (κ1) is 26.6. The number of nitrogens with zero attached hydrogens (tertiary/aromatic N) is 4. The quantitative estimate of drug-likeness (QED) is 0.367. The number of carbonyl (C=O) groups is 1. The van der Waals surface area contributed by atoms with Crippen molar-refractivity contribution in [3.8, 4) is 0 Å². The molecular formula is C23H31F3N6O3. The molecule has 0 bridgehead atoms. The molecule has 0 saturated carbocycles. The lowest BCUT2D eigenvalue weighted by Crippen LogP contribution is -2.48. The van der Waals surface area contributed by atoms with Crippen LogP contribution in [0.15, 0.2) is 30.6 Å². The molecule has 1 saturated heterocycles. The van der Waals surface area contributed by atoms with Gasteiger partial charge in [-0.25, -0.2) is 9.97 Å². The van der Waals surface area contributed by atoms with Gasteiger partial charge in [-0.3, -0.25) is 9.69 Å². The van der Waals surface area contributed by atoms with Gasteiger partial charge in [-0.15, -0.1) is 0 Å². The topological polar surface area (TPSA) is 128 Å². The minimum Gasteiger partial charge on any atom is -0.391 e. The molecule has 1 aliphatic rings. The summed E-state index contributed by atoms with van der Waals surface area (Å²) in [5.41, 5.74) is 5.58. The summed E-state index contributed by atoms with van der Waals surface area (Å²) in [6, 6.07) is 5.49. The van der Waals surface area contributed by atoms with E-state index in [1.165, 1.54) is 30.6 Å². The van der Waals surface area contributed by atoms with Gasteiger partial charge >= 0.3 is 0 Å². The second-order valence-corrected chi connectivity index (χ2v) is 8.63. The Labute approximate surface area is 201 Å². The van der Waals surface area contributed by atoms with Crippen molar-refractivity contribution in [2.45, 2.75) is 31.9 Å². The minimum atomic E-state index is -3.33. The zero-order chi connectivity index (χ0) is 25.6. The summed E-state index contributed by atoms with van der Waals surface area (Å²) in [5, 5.41) is 22.2. The molecule has 3 rings (SSSR count).